The minimum Gasteiger partial charge on any atom is -0.390 e. The van der Waals surface area contributed by atoms with E-state index in [1.165, 1.54) is 0 Å². The molecule has 2 bridgehead atoms. The second kappa shape index (κ2) is 6.37. The van der Waals surface area contributed by atoms with Gasteiger partial charge in [0.2, 0.25) is 0 Å². The number of nitrogens with zero attached hydrogens (tertiary/aromatic N) is 3. The Morgan fingerprint density at radius 3 is 2.54 bits per heavy atom. The Bertz CT molecular complexity index is 721. The average molecular weight is 388 g/mol. The lowest BCUT2D eigenvalue weighted by molar-refractivity contribution is -0.0705. The zero-order valence-corrected chi connectivity index (χ0v) is 17.1. The summed E-state index contributed by atoms with van der Waals surface area (Å²) in [7, 11) is 0. The van der Waals surface area contributed by atoms with Gasteiger partial charge in [-0.25, -0.2) is 9.79 Å². The Kier molecular flexibility index (Phi) is 4.16. The Labute approximate surface area is 167 Å². The molecule has 0 radical (unpaired) electrons. The van der Waals surface area contributed by atoms with Gasteiger partial charge in [0.15, 0.2) is 6.17 Å². The highest BCUT2D eigenvalue weighted by Gasteiger charge is 2.54. The van der Waals surface area contributed by atoms with Crippen LogP contribution in [-0.2, 0) is 0 Å². The van der Waals surface area contributed by atoms with Crippen molar-refractivity contribution >= 4 is 11.9 Å². The standard InChI is InChI=1S/C21H33N5O2/c1-3-12-25-17-15(16-22-14(4-2)5-13-26(16)19(25)27)23-18(24-17)20-6-9-21(28,10-7-20)11-8-20/h14,17,22,28H,3-13H2,1-2H3,(H,23,24)/t14-,17?,20?,21?/m1/s1. The van der Waals surface area contributed by atoms with Gasteiger partial charge < -0.3 is 15.7 Å². The van der Waals surface area contributed by atoms with Crippen molar-refractivity contribution in [3.8, 4) is 0 Å². The van der Waals surface area contributed by atoms with Crippen molar-refractivity contribution in [2.24, 2.45) is 10.4 Å². The van der Waals surface area contributed by atoms with E-state index in [0.717, 1.165) is 88.2 Å². The molecule has 2 amide bonds. The van der Waals surface area contributed by atoms with Crippen molar-refractivity contribution in [1.82, 2.24) is 20.4 Å². The molecular weight excluding hydrogens is 354 g/mol. The van der Waals surface area contributed by atoms with E-state index in [9.17, 15) is 9.90 Å². The van der Waals surface area contributed by atoms with Crippen LogP contribution in [-0.4, -0.2) is 57.7 Å². The van der Waals surface area contributed by atoms with Gasteiger partial charge in [-0.2, -0.15) is 0 Å². The summed E-state index contributed by atoms with van der Waals surface area (Å²) < 4.78 is 0. The molecule has 1 unspecified atom stereocenters. The van der Waals surface area contributed by atoms with Gasteiger partial charge in [0.1, 0.15) is 17.4 Å². The van der Waals surface area contributed by atoms with Crippen LogP contribution in [0.3, 0.4) is 0 Å². The minimum absolute atomic E-state index is 0.0416. The predicted molar refractivity (Wildman–Crippen MR) is 107 cm³/mol. The maximum absolute atomic E-state index is 13.2. The van der Waals surface area contributed by atoms with Gasteiger partial charge in [-0.3, -0.25) is 9.80 Å². The van der Waals surface area contributed by atoms with E-state index >= 15 is 0 Å². The molecule has 2 atom stereocenters. The molecule has 1 saturated heterocycles. The summed E-state index contributed by atoms with van der Waals surface area (Å²) in [5, 5.41) is 17.9. The first-order valence-electron chi connectivity index (χ1n) is 11.2. The number of hydrogen-bond acceptors (Lipinski definition) is 5. The number of rotatable bonds is 4. The van der Waals surface area contributed by atoms with Crippen molar-refractivity contribution in [1.29, 1.82) is 0 Å². The highest BCUT2D eigenvalue weighted by Crippen LogP contribution is 2.53. The number of amides is 2. The van der Waals surface area contributed by atoms with E-state index in [-0.39, 0.29) is 17.6 Å². The van der Waals surface area contributed by atoms with Crippen LogP contribution >= 0.6 is 0 Å². The van der Waals surface area contributed by atoms with Crippen molar-refractivity contribution in [2.75, 3.05) is 13.1 Å². The second-order valence-electron chi connectivity index (χ2n) is 9.41. The maximum atomic E-state index is 13.2. The fourth-order valence-electron chi connectivity index (χ4n) is 5.79. The van der Waals surface area contributed by atoms with Gasteiger partial charge in [-0.05, 0) is 57.8 Å². The number of carbonyl (C=O) groups excluding carboxylic acids is 1. The molecule has 0 spiro atoms. The largest absolute Gasteiger partial charge is 0.390 e. The van der Waals surface area contributed by atoms with Crippen molar-refractivity contribution < 1.29 is 9.90 Å². The highest BCUT2D eigenvalue weighted by molar-refractivity contribution is 5.94. The third-order valence-electron chi connectivity index (χ3n) is 7.77. The number of carbonyl (C=O) groups is 1. The SMILES string of the molecule is CCCN1C(=O)N2CC[C@@H](CC)NC2=C2NC(C34CCC(O)(CC3)CC4)=NC21. The fraction of sp³-hybridized carbons (Fsp3) is 0.810. The van der Waals surface area contributed by atoms with Crippen molar-refractivity contribution in [3.05, 3.63) is 11.5 Å². The summed E-state index contributed by atoms with van der Waals surface area (Å²) >= 11 is 0. The van der Waals surface area contributed by atoms with Gasteiger partial charge in [-0.15, -0.1) is 0 Å². The lowest BCUT2D eigenvalue weighted by Gasteiger charge is -2.50. The van der Waals surface area contributed by atoms with Crippen LogP contribution in [0.5, 0.6) is 0 Å². The molecule has 3 aliphatic carbocycles. The summed E-state index contributed by atoms with van der Waals surface area (Å²) in [4.78, 5) is 22.2. The zero-order valence-electron chi connectivity index (χ0n) is 17.1. The minimum atomic E-state index is -0.449. The van der Waals surface area contributed by atoms with Gasteiger partial charge in [-0.1, -0.05) is 13.8 Å². The molecule has 28 heavy (non-hydrogen) atoms. The Morgan fingerprint density at radius 2 is 1.89 bits per heavy atom. The lowest BCUT2D eigenvalue weighted by Crippen LogP contribution is -2.60. The van der Waals surface area contributed by atoms with E-state index in [0.29, 0.717) is 6.04 Å². The number of amidine groups is 1. The van der Waals surface area contributed by atoms with Gasteiger partial charge in [0, 0.05) is 24.5 Å². The summed E-state index contributed by atoms with van der Waals surface area (Å²) in [6, 6.07) is 0.493. The molecule has 6 rings (SSSR count). The first kappa shape index (κ1) is 18.3. The molecule has 6 aliphatic rings. The molecule has 7 heteroatoms. The summed E-state index contributed by atoms with van der Waals surface area (Å²) in [5.41, 5.74) is 0.650. The van der Waals surface area contributed by atoms with Crippen LogP contribution in [0.15, 0.2) is 16.5 Å². The molecule has 0 aromatic rings. The molecule has 3 aliphatic heterocycles. The monoisotopic (exact) mass is 387 g/mol. The topological polar surface area (TPSA) is 80.2 Å². The van der Waals surface area contributed by atoms with Gasteiger partial charge in [0.25, 0.3) is 0 Å². The van der Waals surface area contributed by atoms with Crippen molar-refractivity contribution in [3.63, 3.8) is 0 Å². The van der Waals surface area contributed by atoms with Crippen LogP contribution in [0.2, 0.25) is 0 Å². The quantitative estimate of drug-likeness (QED) is 0.692. The van der Waals surface area contributed by atoms with E-state index in [4.69, 9.17) is 4.99 Å². The molecule has 0 aromatic carbocycles. The molecule has 0 aromatic heterocycles. The number of aliphatic imine (C=N–C) groups is 1. The Balaban J connectivity index is 1.51. The van der Waals surface area contributed by atoms with Crippen molar-refractivity contribution in [2.45, 2.75) is 89.4 Å². The Hall–Kier alpha value is -1.76. The smallest absolute Gasteiger partial charge is 0.327 e. The molecule has 7 nitrogen and oxygen atoms in total. The lowest BCUT2D eigenvalue weighted by atomic mass is 9.58. The Morgan fingerprint density at radius 1 is 1.18 bits per heavy atom. The van der Waals surface area contributed by atoms with Crippen LogP contribution in [0.1, 0.15) is 71.6 Å². The van der Waals surface area contributed by atoms with E-state index in [1.54, 1.807) is 0 Å². The molecule has 154 valence electrons. The summed E-state index contributed by atoms with van der Waals surface area (Å²) in [6.07, 6.45) is 8.29. The first-order chi connectivity index (χ1) is 13.5. The van der Waals surface area contributed by atoms with Gasteiger partial charge >= 0.3 is 6.03 Å². The average Bonchev–Trinajstić information content (AvgIpc) is 3.18. The van der Waals surface area contributed by atoms with E-state index in [2.05, 4.69) is 24.5 Å². The second-order valence-corrected chi connectivity index (χ2v) is 9.41. The number of hydrogen-bond donors (Lipinski definition) is 3. The van der Waals surface area contributed by atoms with Crippen LogP contribution in [0.4, 0.5) is 4.79 Å². The van der Waals surface area contributed by atoms with Crippen LogP contribution in [0.25, 0.3) is 0 Å². The van der Waals surface area contributed by atoms with E-state index in [1.807, 2.05) is 9.80 Å². The third-order valence-corrected chi connectivity index (χ3v) is 7.77. The fourth-order valence-corrected chi connectivity index (χ4v) is 5.79. The molecule has 4 fully saturated rings. The summed E-state index contributed by atoms with van der Waals surface area (Å²) in [6.45, 7) is 5.80. The molecule has 3 saturated carbocycles. The van der Waals surface area contributed by atoms with Crippen LogP contribution < -0.4 is 10.6 Å². The van der Waals surface area contributed by atoms with Crippen LogP contribution in [0, 0.1) is 5.41 Å². The maximum Gasteiger partial charge on any atom is 0.327 e. The predicted octanol–water partition coefficient (Wildman–Crippen LogP) is 2.49. The summed E-state index contributed by atoms with van der Waals surface area (Å²) in [5.74, 6) is 2.00. The highest BCUT2D eigenvalue weighted by atomic mass is 16.3. The number of fused-ring (bicyclic) bond motifs is 5. The first-order valence-corrected chi connectivity index (χ1v) is 11.2. The van der Waals surface area contributed by atoms with Gasteiger partial charge in [0.05, 0.1) is 5.60 Å². The molecule has 3 N–H and O–H groups in total. The third kappa shape index (κ3) is 2.58. The number of urea groups is 1. The normalized spacial score (nSPS) is 39.4. The molecule has 3 heterocycles. The zero-order chi connectivity index (χ0) is 19.5. The number of nitrogens with one attached hydrogen (secondary N) is 2. The van der Waals surface area contributed by atoms with E-state index < -0.39 is 5.60 Å². The molecular formula is C21H33N5O2. The number of aliphatic hydroxyl groups is 1.